The zero-order chi connectivity index (χ0) is 41.3. The fourth-order valence-electron chi connectivity index (χ4n) is 11.1. The van der Waals surface area contributed by atoms with Crippen LogP contribution in [-0.2, 0) is 10.8 Å². The minimum atomic E-state index is -0.447. The fourth-order valence-corrected chi connectivity index (χ4v) is 11.1. The van der Waals surface area contributed by atoms with Crippen LogP contribution in [0.1, 0.15) is 45.9 Å². The molecular formula is C61H43N. The molecule has 1 heteroatoms. The highest BCUT2D eigenvalue weighted by molar-refractivity contribution is 6.00. The molecule has 0 aliphatic heterocycles. The molecule has 1 nitrogen and oxygen atoms in total. The summed E-state index contributed by atoms with van der Waals surface area (Å²) in [6.07, 6.45) is 0. The molecule has 0 aromatic heterocycles. The van der Waals surface area contributed by atoms with E-state index >= 15 is 0 Å². The molecule has 0 fully saturated rings. The van der Waals surface area contributed by atoms with E-state index in [1.165, 1.54) is 83.1 Å². The van der Waals surface area contributed by atoms with Gasteiger partial charge in [0, 0.05) is 22.2 Å². The van der Waals surface area contributed by atoms with Gasteiger partial charge < -0.3 is 4.90 Å². The highest BCUT2D eigenvalue weighted by atomic mass is 15.1. The van der Waals surface area contributed by atoms with Gasteiger partial charge in [-0.25, -0.2) is 0 Å². The van der Waals surface area contributed by atoms with Crippen molar-refractivity contribution in [3.63, 3.8) is 0 Å². The molecule has 1 atom stereocenters. The number of rotatable bonds is 7. The number of benzene rings is 10. The van der Waals surface area contributed by atoms with Crippen molar-refractivity contribution in [1.82, 2.24) is 0 Å². The summed E-state index contributed by atoms with van der Waals surface area (Å²) >= 11 is 0. The van der Waals surface area contributed by atoms with Crippen LogP contribution in [0.4, 0.5) is 17.1 Å². The summed E-state index contributed by atoms with van der Waals surface area (Å²) in [5, 5.41) is 2.43. The summed E-state index contributed by atoms with van der Waals surface area (Å²) < 4.78 is 0. The predicted octanol–water partition coefficient (Wildman–Crippen LogP) is 15.7. The minimum Gasteiger partial charge on any atom is -0.310 e. The molecule has 0 spiro atoms. The van der Waals surface area contributed by atoms with Gasteiger partial charge in [0.15, 0.2) is 0 Å². The van der Waals surface area contributed by atoms with Gasteiger partial charge in [-0.1, -0.05) is 212 Å². The number of hydrogen-bond acceptors (Lipinski definition) is 1. The average Bonchev–Trinajstić information content (AvgIpc) is 3.80. The minimum absolute atomic E-state index is 0.309. The highest BCUT2D eigenvalue weighted by Crippen LogP contribution is 2.59. The molecule has 0 heterocycles. The van der Waals surface area contributed by atoms with Gasteiger partial charge in [-0.3, -0.25) is 0 Å². The van der Waals surface area contributed by atoms with Crippen molar-refractivity contribution < 1.29 is 0 Å². The number of nitrogens with zero attached hydrogens (tertiary/aromatic N) is 1. The monoisotopic (exact) mass is 789 g/mol. The van der Waals surface area contributed by atoms with Crippen molar-refractivity contribution in [2.45, 2.75) is 17.8 Å². The molecule has 292 valence electrons. The molecule has 0 saturated heterocycles. The van der Waals surface area contributed by atoms with Gasteiger partial charge in [-0.15, -0.1) is 0 Å². The maximum absolute atomic E-state index is 2.46. The molecule has 0 saturated carbocycles. The van der Waals surface area contributed by atoms with Gasteiger partial charge in [0.1, 0.15) is 0 Å². The lowest BCUT2D eigenvalue weighted by Crippen LogP contribution is -2.28. The molecule has 2 aliphatic rings. The van der Waals surface area contributed by atoms with Crippen LogP contribution in [0, 0.1) is 0 Å². The average molecular weight is 790 g/mol. The molecule has 0 radical (unpaired) electrons. The first-order chi connectivity index (χ1) is 30.7. The second-order valence-electron chi connectivity index (χ2n) is 16.9. The molecule has 12 rings (SSSR count). The second kappa shape index (κ2) is 14.2. The Labute approximate surface area is 363 Å². The van der Waals surface area contributed by atoms with Crippen LogP contribution in [0.3, 0.4) is 0 Å². The number of anilines is 3. The van der Waals surface area contributed by atoms with Crippen molar-refractivity contribution in [2.24, 2.45) is 0 Å². The van der Waals surface area contributed by atoms with Gasteiger partial charge in [0.25, 0.3) is 0 Å². The lowest BCUT2D eigenvalue weighted by molar-refractivity contribution is 0.714. The Morgan fingerprint density at radius 2 is 0.855 bits per heavy atom. The maximum atomic E-state index is 2.46. The summed E-state index contributed by atoms with van der Waals surface area (Å²) in [4.78, 5) is 2.46. The molecule has 0 N–H and O–H groups in total. The summed E-state index contributed by atoms with van der Waals surface area (Å²) in [6.45, 7) is 2.40. The maximum Gasteiger partial charge on any atom is 0.0713 e. The third kappa shape index (κ3) is 5.22. The van der Waals surface area contributed by atoms with E-state index in [9.17, 15) is 0 Å². The smallest absolute Gasteiger partial charge is 0.0713 e. The Balaban J connectivity index is 1.04. The van der Waals surface area contributed by atoms with Crippen molar-refractivity contribution in [3.8, 4) is 33.4 Å². The largest absolute Gasteiger partial charge is 0.310 e. The van der Waals surface area contributed by atoms with E-state index in [1.807, 2.05) is 0 Å². The van der Waals surface area contributed by atoms with Crippen molar-refractivity contribution in [3.05, 3.63) is 282 Å². The molecule has 62 heavy (non-hydrogen) atoms. The van der Waals surface area contributed by atoms with E-state index in [4.69, 9.17) is 0 Å². The third-order valence-electron chi connectivity index (χ3n) is 13.8. The van der Waals surface area contributed by atoms with Crippen molar-refractivity contribution >= 4 is 27.8 Å². The van der Waals surface area contributed by atoms with Crippen LogP contribution in [0.5, 0.6) is 0 Å². The van der Waals surface area contributed by atoms with Crippen molar-refractivity contribution in [2.75, 3.05) is 4.90 Å². The zero-order valence-electron chi connectivity index (χ0n) is 34.5. The van der Waals surface area contributed by atoms with Gasteiger partial charge in [-0.2, -0.15) is 0 Å². The van der Waals surface area contributed by atoms with Crippen LogP contribution in [0.15, 0.2) is 243 Å². The summed E-state index contributed by atoms with van der Waals surface area (Å²) in [5.74, 6) is 0. The molecule has 0 amide bonds. The van der Waals surface area contributed by atoms with E-state index < -0.39 is 5.41 Å². The van der Waals surface area contributed by atoms with E-state index in [1.54, 1.807) is 0 Å². The van der Waals surface area contributed by atoms with E-state index in [0.29, 0.717) is 0 Å². The van der Waals surface area contributed by atoms with Crippen LogP contribution >= 0.6 is 0 Å². The molecule has 2 aliphatic carbocycles. The topological polar surface area (TPSA) is 3.24 Å². The summed E-state index contributed by atoms with van der Waals surface area (Å²) in [5.41, 5.74) is 19.4. The molecule has 10 aromatic rings. The fraction of sp³-hybridized carbons (Fsp3) is 0.0492. The van der Waals surface area contributed by atoms with E-state index in [0.717, 1.165) is 17.1 Å². The first-order valence-corrected chi connectivity index (χ1v) is 21.7. The Bertz CT molecular complexity index is 3250. The highest BCUT2D eigenvalue weighted by Gasteiger charge is 2.47. The quantitative estimate of drug-likeness (QED) is 0.155. The molecule has 10 aromatic carbocycles. The van der Waals surface area contributed by atoms with Gasteiger partial charge in [0.2, 0.25) is 0 Å². The predicted molar refractivity (Wildman–Crippen MR) is 259 cm³/mol. The molecule has 1 unspecified atom stereocenters. The van der Waals surface area contributed by atoms with E-state index in [2.05, 4.69) is 254 Å². The van der Waals surface area contributed by atoms with Gasteiger partial charge in [0.05, 0.1) is 11.1 Å². The standard InChI is InChI=1S/C61H43N/c1-60(44-21-5-2-6-22-44)54-31-15-13-28-51(54)52-40-39-48(41-57(52)60)62(58-34-17-20-42-19-11-12-27-49(42)58)47-37-35-43(36-38-47)50-30-18-33-56-59(50)53-29-14-16-32-55(53)61(56,45-23-7-3-8-24-45)46-25-9-4-10-26-46/h2-41H,1H3. The van der Waals surface area contributed by atoms with Crippen LogP contribution in [0.25, 0.3) is 44.2 Å². The number of fused-ring (bicyclic) bond motifs is 7. The Morgan fingerprint density at radius 1 is 0.339 bits per heavy atom. The molecular weight excluding hydrogens is 747 g/mol. The van der Waals surface area contributed by atoms with E-state index in [-0.39, 0.29) is 5.41 Å². The second-order valence-corrected chi connectivity index (χ2v) is 16.9. The lowest BCUT2D eigenvalue weighted by atomic mass is 9.67. The Morgan fingerprint density at radius 3 is 1.58 bits per heavy atom. The number of hydrogen-bond donors (Lipinski definition) is 0. The Kier molecular flexibility index (Phi) is 8.27. The first-order valence-electron chi connectivity index (χ1n) is 21.7. The molecule has 0 bridgehead atoms. The van der Waals surface area contributed by atoms with Crippen LogP contribution < -0.4 is 4.90 Å². The summed E-state index contributed by atoms with van der Waals surface area (Å²) in [6, 6.07) is 89.8. The van der Waals surface area contributed by atoms with Crippen LogP contribution in [-0.4, -0.2) is 0 Å². The zero-order valence-corrected chi connectivity index (χ0v) is 34.5. The third-order valence-corrected chi connectivity index (χ3v) is 13.8. The van der Waals surface area contributed by atoms with Crippen molar-refractivity contribution in [1.29, 1.82) is 0 Å². The van der Waals surface area contributed by atoms with Gasteiger partial charge in [-0.05, 0) is 115 Å². The van der Waals surface area contributed by atoms with Crippen LogP contribution in [0.2, 0.25) is 0 Å². The first kappa shape index (κ1) is 36.1. The SMILES string of the molecule is CC1(c2ccccc2)c2ccccc2-c2ccc(N(c3ccc(-c4cccc5c4-c4ccccc4C5(c4ccccc4)c4ccccc4)cc3)c3cccc4ccccc34)cc21. The lowest BCUT2D eigenvalue weighted by Gasteiger charge is -2.34. The van der Waals surface area contributed by atoms with Gasteiger partial charge >= 0.3 is 0 Å². The summed E-state index contributed by atoms with van der Waals surface area (Å²) in [7, 11) is 0. The normalized spacial score (nSPS) is 15.4. The Hall–Kier alpha value is -7.74.